The molecule has 5 N–H and O–H groups in total. The molecule has 0 aliphatic rings. The predicted molar refractivity (Wildman–Crippen MR) is 76.9 cm³/mol. The largest absolute Gasteiger partial charge is 0.324 e. The zero-order chi connectivity index (χ0) is 15.2. The molecule has 0 saturated heterocycles. The summed E-state index contributed by atoms with van der Waals surface area (Å²) in [6, 6.07) is 5.93. The van der Waals surface area contributed by atoms with Gasteiger partial charge in [-0.2, -0.15) is 0 Å². The van der Waals surface area contributed by atoms with E-state index in [4.69, 9.17) is 5.84 Å². The fourth-order valence-corrected chi connectivity index (χ4v) is 2.96. The molecule has 0 aliphatic carbocycles. The van der Waals surface area contributed by atoms with E-state index in [0.717, 1.165) is 6.26 Å². The Bertz CT molecular complexity index is 626. The molecule has 20 heavy (non-hydrogen) atoms. The van der Waals surface area contributed by atoms with Gasteiger partial charge in [0.15, 0.2) is 0 Å². The first kappa shape index (κ1) is 16.9. The highest BCUT2D eigenvalue weighted by Gasteiger charge is 2.12. The Hall–Kier alpha value is -1.20. The summed E-state index contributed by atoms with van der Waals surface area (Å²) in [7, 11) is -6.84. The molecule has 0 fully saturated rings. The summed E-state index contributed by atoms with van der Waals surface area (Å²) in [5, 5.41) is 0. The number of nitrogen functional groups attached to an aromatic ring is 1. The van der Waals surface area contributed by atoms with Crippen LogP contribution < -0.4 is 20.7 Å². The first-order chi connectivity index (χ1) is 9.24. The number of hydrogen-bond acceptors (Lipinski definition) is 6. The zero-order valence-electron chi connectivity index (χ0n) is 11.0. The van der Waals surface area contributed by atoms with Crippen LogP contribution in [-0.4, -0.2) is 36.2 Å². The summed E-state index contributed by atoms with van der Waals surface area (Å²) in [6.45, 7) is 0.319. The molecule has 8 nitrogen and oxygen atoms in total. The van der Waals surface area contributed by atoms with Crippen molar-refractivity contribution in [3.05, 3.63) is 24.3 Å². The van der Waals surface area contributed by atoms with Crippen LogP contribution in [0.1, 0.15) is 6.42 Å². The topological polar surface area (TPSA) is 130 Å². The number of nitrogens with two attached hydrogens (primary N) is 1. The predicted octanol–water partition coefficient (Wildman–Crippen LogP) is -0.810. The van der Waals surface area contributed by atoms with Crippen molar-refractivity contribution >= 4 is 25.7 Å². The van der Waals surface area contributed by atoms with Crippen LogP contribution in [-0.2, 0) is 20.0 Å². The van der Waals surface area contributed by atoms with Crippen LogP contribution in [0.2, 0.25) is 0 Å². The lowest BCUT2D eigenvalue weighted by molar-refractivity contribution is 0.575. The number of sulfonamides is 2. The molecule has 0 bridgehead atoms. The highest BCUT2D eigenvalue weighted by molar-refractivity contribution is 7.89. The minimum Gasteiger partial charge on any atom is -0.324 e. The van der Waals surface area contributed by atoms with Crippen LogP contribution in [0.25, 0.3) is 0 Å². The van der Waals surface area contributed by atoms with Gasteiger partial charge in [0.25, 0.3) is 0 Å². The molecule has 0 aromatic heterocycles. The van der Waals surface area contributed by atoms with Crippen LogP contribution in [0, 0.1) is 0 Å². The first-order valence-electron chi connectivity index (χ1n) is 5.75. The minimum atomic E-state index is -3.60. The Morgan fingerprint density at radius 1 is 1.00 bits per heavy atom. The van der Waals surface area contributed by atoms with Gasteiger partial charge in [0.1, 0.15) is 0 Å². The van der Waals surface area contributed by atoms with E-state index in [1.807, 2.05) is 0 Å². The lowest BCUT2D eigenvalue weighted by Gasteiger charge is -2.07. The average Bonchev–Trinajstić information content (AvgIpc) is 2.37. The van der Waals surface area contributed by atoms with Gasteiger partial charge >= 0.3 is 0 Å². The second-order valence-electron chi connectivity index (χ2n) is 4.09. The molecular formula is C10H18N4O4S2. The fourth-order valence-electron chi connectivity index (χ4n) is 1.37. The minimum absolute atomic E-state index is 0.118. The van der Waals surface area contributed by atoms with E-state index in [0.29, 0.717) is 12.1 Å². The lowest BCUT2D eigenvalue weighted by atomic mass is 10.3. The Morgan fingerprint density at radius 2 is 1.55 bits per heavy atom. The van der Waals surface area contributed by atoms with Gasteiger partial charge in [0.2, 0.25) is 20.0 Å². The molecular weight excluding hydrogens is 304 g/mol. The van der Waals surface area contributed by atoms with Crippen molar-refractivity contribution in [3.8, 4) is 0 Å². The zero-order valence-corrected chi connectivity index (χ0v) is 12.6. The molecule has 1 aromatic rings. The number of benzene rings is 1. The van der Waals surface area contributed by atoms with E-state index >= 15 is 0 Å². The summed E-state index contributed by atoms with van der Waals surface area (Å²) in [5.74, 6) is 5.19. The molecule has 10 heteroatoms. The maximum Gasteiger partial charge on any atom is 0.240 e. The van der Waals surface area contributed by atoms with E-state index in [2.05, 4.69) is 14.9 Å². The van der Waals surface area contributed by atoms with E-state index in [9.17, 15) is 16.8 Å². The second kappa shape index (κ2) is 6.99. The van der Waals surface area contributed by atoms with Crippen LogP contribution in [0.15, 0.2) is 29.2 Å². The Balaban J connectivity index is 2.49. The molecule has 0 atom stereocenters. The van der Waals surface area contributed by atoms with E-state index in [-0.39, 0.29) is 18.0 Å². The number of hydrogen-bond donors (Lipinski definition) is 4. The summed E-state index contributed by atoms with van der Waals surface area (Å²) in [4.78, 5) is 0.118. The van der Waals surface area contributed by atoms with Crippen molar-refractivity contribution in [2.45, 2.75) is 11.3 Å². The number of nitrogens with one attached hydrogen (secondary N) is 3. The maximum absolute atomic E-state index is 11.9. The normalized spacial score (nSPS) is 12.3. The molecule has 0 saturated carbocycles. The second-order valence-corrected chi connectivity index (χ2v) is 7.69. The Labute approximate surface area is 118 Å². The molecule has 0 heterocycles. The average molecular weight is 322 g/mol. The van der Waals surface area contributed by atoms with Crippen LogP contribution in [0.4, 0.5) is 5.69 Å². The Morgan fingerprint density at radius 3 is 2.05 bits per heavy atom. The molecule has 1 rings (SSSR count). The van der Waals surface area contributed by atoms with E-state index in [1.165, 1.54) is 12.1 Å². The van der Waals surface area contributed by atoms with Gasteiger partial charge in [0.05, 0.1) is 11.2 Å². The molecule has 0 spiro atoms. The Kier molecular flexibility index (Phi) is 5.89. The molecule has 0 aliphatic heterocycles. The van der Waals surface area contributed by atoms with Crippen LogP contribution in [0.3, 0.4) is 0 Å². The lowest BCUT2D eigenvalue weighted by Crippen LogP contribution is -2.29. The number of rotatable bonds is 8. The van der Waals surface area contributed by atoms with E-state index in [1.54, 1.807) is 12.1 Å². The van der Waals surface area contributed by atoms with Crippen molar-refractivity contribution < 1.29 is 16.8 Å². The number of anilines is 1. The quantitative estimate of drug-likeness (QED) is 0.281. The number of hydrazine groups is 1. The molecule has 114 valence electrons. The van der Waals surface area contributed by atoms with Crippen molar-refractivity contribution in [2.75, 3.05) is 24.8 Å². The fraction of sp³-hybridized carbons (Fsp3) is 0.400. The standard InChI is InChI=1S/C10H18N4O4S2/c1-19(15,16)12-7-2-8-13-20(17,18)10-5-3-9(14-11)4-6-10/h3-6,12-14H,2,7-8,11H2,1H3. The van der Waals surface area contributed by atoms with Crippen molar-refractivity contribution in [1.82, 2.24) is 9.44 Å². The van der Waals surface area contributed by atoms with Gasteiger partial charge in [-0.05, 0) is 30.7 Å². The van der Waals surface area contributed by atoms with Crippen LogP contribution >= 0.6 is 0 Å². The third-order valence-electron chi connectivity index (χ3n) is 2.34. The third-order valence-corrected chi connectivity index (χ3v) is 4.55. The smallest absolute Gasteiger partial charge is 0.240 e. The summed E-state index contributed by atoms with van der Waals surface area (Å²) < 4.78 is 50.1. The highest BCUT2D eigenvalue weighted by atomic mass is 32.2. The summed E-state index contributed by atoms with van der Waals surface area (Å²) >= 11 is 0. The van der Waals surface area contributed by atoms with E-state index < -0.39 is 20.0 Å². The highest BCUT2D eigenvalue weighted by Crippen LogP contribution is 2.12. The molecule has 0 amide bonds. The van der Waals surface area contributed by atoms with Crippen LogP contribution in [0.5, 0.6) is 0 Å². The first-order valence-corrected chi connectivity index (χ1v) is 9.13. The molecule has 0 unspecified atom stereocenters. The molecule has 0 radical (unpaired) electrons. The van der Waals surface area contributed by atoms with Gasteiger partial charge in [-0.1, -0.05) is 0 Å². The van der Waals surface area contributed by atoms with Crippen molar-refractivity contribution in [3.63, 3.8) is 0 Å². The summed E-state index contributed by atoms with van der Waals surface area (Å²) in [6.07, 6.45) is 1.40. The SMILES string of the molecule is CS(=O)(=O)NCCCNS(=O)(=O)c1ccc(NN)cc1. The monoisotopic (exact) mass is 322 g/mol. The van der Waals surface area contributed by atoms with Gasteiger partial charge in [-0.25, -0.2) is 26.3 Å². The van der Waals surface area contributed by atoms with Crippen molar-refractivity contribution in [1.29, 1.82) is 0 Å². The summed E-state index contributed by atoms with van der Waals surface area (Å²) in [5.41, 5.74) is 3.00. The van der Waals surface area contributed by atoms with Gasteiger partial charge in [0, 0.05) is 18.8 Å². The third kappa shape index (κ3) is 5.84. The van der Waals surface area contributed by atoms with Gasteiger partial charge in [-0.3, -0.25) is 5.84 Å². The molecule has 1 aromatic carbocycles. The van der Waals surface area contributed by atoms with Gasteiger partial charge < -0.3 is 5.43 Å². The van der Waals surface area contributed by atoms with Crippen molar-refractivity contribution in [2.24, 2.45) is 5.84 Å². The van der Waals surface area contributed by atoms with Gasteiger partial charge in [-0.15, -0.1) is 0 Å². The maximum atomic E-state index is 11.9.